The highest BCUT2D eigenvalue weighted by Crippen LogP contribution is 2.33. The van der Waals surface area contributed by atoms with Crippen molar-refractivity contribution in [2.45, 2.75) is 13.3 Å². The molecular formula is C28H23ClN2O8S. The van der Waals surface area contributed by atoms with Gasteiger partial charge in [0.05, 0.1) is 34.8 Å². The number of anilines is 1. The van der Waals surface area contributed by atoms with Gasteiger partial charge in [-0.15, -0.1) is 0 Å². The lowest BCUT2D eigenvalue weighted by molar-refractivity contribution is -0.127. The van der Waals surface area contributed by atoms with Gasteiger partial charge in [0.25, 0.3) is 11.1 Å². The number of thioether (sulfide) groups is 1. The van der Waals surface area contributed by atoms with Crippen molar-refractivity contribution in [3.05, 3.63) is 81.4 Å². The van der Waals surface area contributed by atoms with Gasteiger partial charge in [0.2, 0.25) is 5.91 Å². The van der Waals surface area contributed by atoms with Gasteiger partial charge in [-0.05, 0) is 60.6 Å². The molecule has 1 N–H and O–H groups in total. The van der Waals surface area contributed by atoms with Crippen LogP contribution in [0.25, 0.3) is 17.4 Å². The molecule has 2 aromatic carbocycles. The Kier molecular flexibility index (Phi) is 9.08. The number of amides is 3. The molecule has 3 amide bonds. The topological polar surface area (TPSA) is 132 Å². The fourth-order valence-corrected chi connectivity index (χ4v) is 4.63. The average Bonchev–Trinajstić information content (AvgIpc) is 3.52. The van der Waals surface area contributed by atoms with Gasteiger partial charge >= 0.3 is 11.9 Å². The third-order valence-electron chi connectivity index (χ3n) is 5.57. The number of furan rings is 1. The molecule has 0 unspecified atom stereocenters. The van der Waals surface area contributed by atoms with E-state index in [0.717, 1.165) is 4.90 Å². The molecule has 40 heavy (non-hydrogen) atoms. The van der Waals surface area contributed by atoms with Crippen LogP contribution in [-0.2, 0) is 19.1 Å². The lowest BCUT2D eigenvalue weighted by Gasteiger charge is -2.13. The SMILES string of the molecule is CCCOC(=O)c1cc(NC(=O)CN2C(=O)S/C(=C/c3ccc(-c4ccc(C(=O)OC)cc4)o3)C2=O)ccc1Cl. The van der Waals surface area contributed by atoms with Gasteiger partial charge < -0.3 is 19.2 Å². The van der Waals surface area contributed by atoms with E-state index >= 15 is 0 Å². The van der Waals surface area contributed by atoms with Crippen LogP contribution in [0.3, 0.4) is 0 Å². The van der Waals surface area contributed by atoms with Crippen LogP contribution in [0.15, 0.2) is 63.9 Å². The van der Waals surface area contributed by atoms with Crippen LogP contribution < -0.4 is 5.32 Å². The van der Waals surface area contributed by atoms with Crippen LogP contribution in [-0.4, -0.2) is 54.2 Å². The van der Waals surface area contributed by atoms with Crippen LogP contribution in [0.1, 0.15) is 39.8 Å². The lowest BCUT2D eigenvalue weighted by Crippen LogP contribution is -2.36. The minimum absolute atomic E-state index is 0.0826. The fourth-order valence-electron chi connectivity index (χ4n) is 3.62. The predicted octanol–water partition coefficient (Wildman–Crippen LogP) is 5.63. The van der Waals surface area contributed by atoms with E-state index in [4.69, 9.17) is 20.8 Å². The average molecular weight is 583 g/mol. The zero-order valence-electron chi connectivity index (χ0n) is 21.4. The summed E-state index contributed by atoms with van der Waals surface area (Å²) in [7, 11) is 1.30. The van der Waals surface area contributed by atoms with Crippen molar-refractivity contribution in [3.63, 3.8) is 0 Å². The third-order valence-corrected chi connectivity index (χ3v) is 6.81. The zero-order valence-corrected chi connectivity index (χ0v) is 23.0. The number of ether oxygens (including phenoxy) is 2. The second-order valence-electron chi connectivity index (χ2n) is 8.42. The minimum atomic E-state index is -0.648. The van der Waals surface area contributed by atoms with Gasteiger partial charge in [-0.1, -0.05) is 30.7 Å². The highest BCUT2D eigenvalue weighted by Gasteiger charge is 2.36. The molecule has 0 saturated carbocycles. The number of nitrogens with zero attached hydrogens (tertiary/aromatic N) is 1. The van der Waals surface area contributed by atoms with Gasteiger partial charge in [0.15, 0.2) is 0 Å². The van der Waals surface area contributed by atoms with E-state index in [1.165, 1.54) is 31.4 Å². The summed E-state index contributed by atoms with van der Waals surface area (Å²) in [5.74, 6) is -1.56. The normalized spacial score (nSPS) is 14.0. The fraction of sp³-hybridized carbons (Fsp3) is 0.179. The number of esters is 2. The summed E-state index contributed by atoms with van der Waals surface area (Å²) in [6.07, 6.45) is 2.06. The molecule has 4 rings (SSSR count). The first-order valence-electron chi connectivity index (χ1n) is 12.0. The van der Waals surface area contributed by atoms with Gasteiger partial charge in [-0.2, -0.15) is 0 Å². The number of benzene rings is 2. The maximum Gasteiger partial charge on any atom is 0.339 e. The molecule has 3 aromatic rings. The molecule has 1 aliphatic heterocycles. The first-order valence-corrected chi connectivity index (χ1v) is 13.2. The van der Waals surface area contributed by atoms with Crippen molar-refractivity contribution in [3.8, 4) is 11.3 Å². The first-order chi connectivity index (χ1) is 19.2. The van der Waals surface area contributed by atoms with Crippen molar-refractivity contribution in [2.75, 3.05) is 25.6 Å². The maximum absolute atomic E-state index is 12.9. The summed E-state index contributed by atoms with van der Waals surface area (Å²) in [6.45, 7) is 1.55. The second kappa shape index (κ2) is 12.7. The number of hydrogen-bond donors (Lipinski definition) is 1. The van der Waals surface area contributed by atoms with E-state index in [-0.39, 0.29) is 27.8 Å². The molecule has 1 aliphatic rings. The monoisotopic (exact) mass is 582 g/mol. The largest absolute Gasteiger partial charge is 0.465 e. The number of rotatable bonds is 9. The molecule has 2 heterocycles. The zero-order chi connectivity index (χ0) is 28.8. The summed E-state index contributed by atoms with van der Waals surface area (Å²) in [4.78, 5) is 62.7. The molecule has 0 bridgehead atoms. The molecule has 1 saturated heterocycles. The van der Waals surface area contributed by atoms with E-state index < -0.39 is 35.5 Å². The number of carbonyl (C=O) groups excluding carboxylic acids is 5. The molecular weight excluding hydrogens is 560 g/mol. The summed E-state index contributed by atoms with van der Waals surface area (Å²) in [5.41, 5.74) is 1.42. The maximum atomic E-state index is 12.9. The van der Waals surface area contributed by atoms with Crippen molar-refractivity contribution in [2.24, 2.45) is 0 Å². The van der Waals surface area contributed by atoms with Crippen LogP contribution >= 0.6 is 23.4 Å². The smallest absolute Gasteiger partial charge is 0.339 e. The summed E-state index contributed by atoms with van der Waals surface area (Å²) >= 11 is 6.76. The van der Waals surface area contributed by atoms with E-state index in [2.05, 4.69) is 10.1 Å². The number of hydrogen-bond acceptors (Lipinski definition) is 9. The second-order valence-corrected chi connectivity index (χ2v) is 9.82. The molecule has 1 fully saturated rings. The Morgan fingerprint density at radius 3 is 2.50 bits per heavy atom. The molecule has 0 spiro atoms. The Balaban J connectivity index is 1.41. The van der Waals surface area contributed by atoms with Gasteiger partial charge in [0, 0.05) is 17.3 Å². The van der Waals surface area contributed by atoms with Gasteiger partial charge in [-0.25, -0.2) is 9.59 Å². The quantitative estimate of drug-likeness (QED) is 0.252. The summed E-state index contributed by atoms with van der Waals surface area (Å²) < 4.78 is 15.6. The van der Waals surface area contributed by atoms with Crippen molar-refractivity contribution >= 4 is 64.1 Å². The Morgan fingerprint density at radius 2 is 1.80 bits per heavy atom. The Labute approximate surface area is 238 Å². The van der Waals surface area contributed by atoms with Gasteiger partial charge in [-0.3, -0.25) is 19.3 Å². The summed E-state index contributed by atoms with van der Waals surface area (Å²) in [6, 6.07) is 14.2. The highest BCUT2D eigenvalue weighted by atomic mass is 35.5. The van der Waals surface area contributed by atoms with Crippen molar-refractivity contribution < 1.29 is 37.9 Å². The van der Waals surface area contributed by atoms with Crippen molar-refractivity contribution in [1.82, 2.24) is 4.90 Å². The third kappa shape index (κ3) is 6.61. The Morgan fingerprint density at radius 1 is 1.05 bits per heavy atom. The first kappa shape index (κ1) is 28.7. The molecule has 12 heteroatoms. The van der Waals surface area contributed by atoms with Crippen LogP contribution in [0.4, 0.5) is 10.5 Å². The van der Waals surface area contributed by atoms with Crippen LogP contribution in [0.2, 0.25) is 5.02 Å². The molecule has 0 aliphatic carbocycles. The van der Waals surface area contributed by atoms with Crippen LogP contribution in [0, 0.1) is 0 Å². The van der Waals surface area contributed by atoms with E-state index in [1.54, 1.807) is 36.4 Å². The summed E-state index contributed by atoms with van der Waals surface area (Å²) in [5, 5.41) is 2.11. The molecule has 206 valence electrons. The number of halogens is 1. The van der Waals surface area contributed by atoms with Crippen LogP contribution in [0.5, 0.6) is 0 Å². The van der Waals surface area contributed by atoms with E-state index in [9.17, 15) is 24.0 Å². The van der Waals surface area contributed by atoms with Crippen molar-refractivity contribution in [1.29, 1.82) is 0 Å². The number of carbonyl (C=O) groups is 5. The Bertz CT molecular complexity index is 1510. The number of methoxy groups -OCH3 is 1. The Hall–Kier alpha value is -4.35. The van der Waals surface area contributed by atoms with E-state index in [0.29, 0.717) is 40.8 Å². The minimum Gasteiger partial charge on any atom is -0.465 e. The molecule has 0 radical (unpaired) electrons. The highest BCUT2D eigenvalue weighted by molar-refractivity contribution is 8.18. The standard InChI is InChI=1S/C28H23ClN2O8S/c1-3-12-38-27(35)20-13-18(8-10-21(20)29)30-24(32)15-31-25(33)23(40-28(31)36)14-19-9-11-22(39-19)16-4-6-17(7-5-16)26(34)37-2/h4-11,13-14H,3,12,15H2,1-2H3,(H,30,32)/b23-14+. The predicted molar refractivity (Wildman–Crippen MR) is 149 cm³/mol. The molecule has 0 atom stereocenters. The molecule has 1 aromatic heterocycles. The van der Waals surface area contributed by atoms with E-state index in [1.807, 2.05) is 6.92 Å². The number of imide groups is 1. The number of nitrogens with one attached hydrogen (secondary N) is 1. The molecule has 10 nitrogen and oxygen atoms in total. The lowest BCUT2D eigenvalue weighted by atomic mass is 10.1. The van der Waals surface area contributed by atoms with Gasteiger partial charge in [0.1, 0.15) is 18.1 Å².